The van der Waals surface area contributed by atoms with E-state index >= 15 is 0 Å². The summed E-state index contributed by atoms with van der Waals surface area (Å²) in [4.78, 5) is 10.0. The molecule has 0 saturated carbocycles. The molecule has 0 heterocycles. The molecule has 0 radical (unpaired) electrons. The molecule has 1 N–H and O–H groups in total. The van der Waals surface area contributed by atoms with Gasteiger partial charge < -0.3 is 5.11 Å². The van der Waals surface area contributed by atoms with Crippen molar-refractivity contribution < 1.29 is 10.0 Å². The lowest BCUT2D eigenvalue weighted by molar-refractivity contribution is -0.553. The van der Waals surface area contributed by atoms with Crippen molar-refractivity contribution in [2.75, 3.05) is 6.61 Å². The topological polar surface area (TPSA) is 63.4 Å². The molecule has 0 spiro atoms. The average Bonchev–Trinajstić information content (AvgIpc) is 2.12. The number of allylic oxidation sites excluding steroid dienone is 1. The van der Waals surface area contributed by atoms with Crippen LogP contribution in [0.5, 0.6) is 0 Å². The van der Waals surface area contributed by atoms with Crippen molar-refractivity contribution in [3.05, 3.63) is 22.3 Å². The van der Waals surface area contributed by atoms with Gasteiger partial charge in [0.1, 0.15) is 6.61 Å². The molecule has 0 rings (SSSR count). The first-order valence-electron chi connectivity index (χ1n) is 4.50. The summed E-state index contributed by atoms with van der Waals surface area (Å²) < 4.78 is 0. The van der Waals surface area contributed by atoms with Gasteiger partial charge in [0.25, 0.3) is 5.54 Å². The van der Waals surface area contributed by atoms with Crippen LogP contribution in [-0.2, 0) is 0 Å². The highest BCUT2D eigenvalue weighted by Crippen LogP contribution is 2.10. The standard InChI is InChI=1S/C9H17NO3/c1-3-4-5-6-7-9(2,8-11)10(12)13/h6-7,11H,3-5,8H2,1-2H3/b7-6+. The molecule has 0 aromatic carbocycles. The Kier molecular flexibility index (Phi) is 5.30. The number of nitro groups is 1. The maximum atomic E-state index is 10.5. The lowest BCUT2D eigenvalue weighted by Gasteiger charge is -2.12. The van der Waals surface area contributed by atoms with Crippen molar-refractivity contribution in [1.29, 1.82) is 0 Å². The lowest BCUT2D eigenvalue weighted by atomic mass is 10.0. The highest BCUT2D eigenvalue weighted by molar-refractivity contribution is 4.98. The van der Waals surface area contributed by atoms with Gasteiger partial charge in [-0.05, 0) is 12.5 Å². The molecule has 0 aliphatic heterocycles. The Balaban J connectivity index is 4.11. The highest BCUT2D eigenvalue weighted by atomic mass is 16.6. The van der Waals surface area contributed by atoms with E-state index in [4.69, 9.17) is 5.11 Å². The van der Waals surface area contributed by atoms with Gasteiger partial charge in [0.05, 0.1) is 0 Å². The number of aliphatic hydroxyl groups is 1. The molecule has 13 heavy (non-hydrogen) atoms. The average molecular weight is 187 g/mol. The third-order valence-electron chi connectivity index (χ3n) is 1.94. The minimum Gasteiger partial charge on any atom is -0.389 e. The van der Waals surface area contributed by atoms with Crippen molar-refractivity contribution in [2.45, 2.75) is 38.6 Å². The summed E-state index contributed by atoms with van der Waals surface area (Å²) in [7, 11) is 0. The normalized spacial score (nSPS) is 15.9. The Morgan fingerprint density at radius 1 is 1.62 bits per heavy atom. The number of hydrogen-bond donors (Lipinski definition) is 1. The third-order valence-corrected chi connectivity index (χ3v) is 1.94. The van der Waals surface area contributed by atoms with Gasteiger partial charge in [0.15, 0.2) is 0 Å². The molecule has 0 saturated heterocycles. The summed E-state index contributed by atoms with van der Waals surface area (Å²) in [6, 6.07) is 0. The summed E-state index contributed by atoms with van der Waals surface area (Å²) in [6.07, 6.45) is 6.17. The van der Waals surface area contributed by atoms with E-state index in [9.17, 15) is 10.1 Å². The molecule has 0 fully saturated rings. The molecule has 0 amide bonds. The zero-order valence-electron chi connectivity index (χ0n) is 8.19. The van der Waals surface area contributed by atoms with Crippen LogP contribution in [0.2, 0.25) is 0 Å². The van der Waals surface area contributed by atoms with Crippen LogP contribution in [0.25, 0.3) is 0 Å². The molecule has 76 valence electrons. The second kappa shape index (κ2) is 5.70. The van der Waals surface area contributed by atoms with E-state index in [0.717, 1.165) is 19.3 Å². The zero-order valence-corrected chi connectivity index (χ0v) is 8.19. The Bertz CT molecular complexity index is 191. The Hall–Kier alpha value is -0.900. The largest absolute Gasteiger partial charge is 0.389 e. The fourth-order valence-corrected chi connectivity index (χ4v) is 0.830. The molecule has 4 heteroatoms. The number of rotatable bonds is 6. The van der Waals surface area contributed by atoms with Crippen LogP contribution >= 0.6 is 0 Å². The van der Waals surface area contributed by atoms with E-state index in [0.29, 0.717) is 0 Å². The highest BCUT2D eigenvalue weighted by Gasteiger charge is 2.32. The Morgan fingerprint density at radius 3 is 2.62 bits per heavy atom. The van der Waals surface area contributed by atoms with E-state index in [1.54, 1.807) is 6.08 Å². The smallest absolute Gasteiger partial charge is 0.260 e. The predicted octanol–water partition coefficient (Wildman–Crippen LogP) is 1.76. The maximum Gasteiger partial charge on any atom is 0.260 e. The first kappa shape index (κ1) is 12.1. The van der Waals surface area contributed by atoms with Gasteiger partial charge in [-0.25, -0.2) is 0 Å². The Morgan fingerprint density at radius 2 is 2.23 bits per heavy atom. The van der Waals surface area contributed by atoms with Crippen LogP contribution in [0.15, 0.2) is 12.2 Å². The van der Waals surface area contributed by atoms with Crippen molar-refractivity contribution in [1.82, 2.24) is 0 Å². The van der Waals surface area contributed by atoms with Crippen molar-refractivity contribution in [3.63, 3.8) is 0 Å². The van der Waals surface area contributed by atoms with E-state index < -0.39 is 17.1 Å². The number of aliphatic hydroxyl groups excluding tert-OH is 1. The minimum absolute atomic E-state index is 0.456. The van der Waals surface area contributed by atoms with Crippen LogP contribution in [0.4, 0.5) is 0 Å². The van der Waals surface area contributed by atoms with Crippen LogP contribution in [0.1, 0.15) is 33.1 Å². The maximum absolute atomic E-state index is 10.5. The summed E-state index contributed by atoms with van der Waals surface area (Å²) in [5.41, 5.74) is -1.31. The predicted molar refractivity (Wildman–Crippen MR) is 51.2 cm³/mol. The van der Waals surface area contributed by atoms with Gasteiger partial charge >= 0.3 is 0 Å². The van der Waals surface area contributed by atoms with Crippen LogP contribution < -0.4 is 0 Å². The molecule has 0 aliphatic rings. The van der Waals surface area contributed by atoms with E-state index in [1.807, 2.05) is 0 Å². The Labute approximate surface area is 78.4 Å². The third kappa shape index (κ3) is 4.03. The molecule has 1 unspecified atom stereocenters. The molecule has 0 bridgehead atoms. The quantitative estimate of drug-likeness (QED) is 0.298. The lowest BCUT2D eigenvalue weighted by Crippen LogP contribution is -2.36. The molecular formula is C9H17NO3. The SMILES string of the molecule is CCCC/C=C/C(C)(CO)[N+](=O)[O-]. The van der Waals surface area contributed by atoms with Gasteiger partial charge in [0, 0.05) is 11.8 Å². The summed E-state index contributed by atoms with van der Waals surface area (Å²) in [6.45, 7) is 3.02. The summed E-state index contributed by atoms with van der Waals surface area (Å²) in [5, 5.41) is 19.3. The molecule has 4 nitrogen and oxygen atoms in total. The number of nitrogens with zero attached hydrogens (tertiary/aromatic N) is 1. The second-order valence-electron chi connectivity index (χ2n) is 3.32. The van der Waals surface area contributed by atoms with E-state index in [1.165, 1.54) is 13.0 Å². The molecule has 1 atom stereocenters. The van der Waals surface area contributed by atoms with Crippen molar-refractivity contribution in [3.8, 4) is 0 Å². The number of unbranched alkanes of at least 4 members (excludes halogenated alkanes) is 2. The fourth-order valence-electron chi connectivity index (χ4n) is 0.830. The molecule has 0 aliphatic carbocycles. The second-order valence-corrected chi connectivity index (χ2v) is 3.32. The first-order chi connectivity index (χ1) is 6.06. The monoisotopic (exact) mass is 187 g/mol. The minimum atomic E-state index is -1.31. The van der Waals surface area contributed by atoms with E-state index in [-0.39, 0.29) is 0 Å². The number of hydrogen-bond acceptors (Lipinski definition) is 3. The van der Waals surface area contributed by atoms with Gasteiger partial charge in [-0.2, -0.15) is 0 Å². The fraction of sp³-hybridized carbons (Fsp3) is 0.778. The van der Waals surface area contributed by atoms with E-state index in [2.05, 4.69) is 6.92 Å². The van der Waals surface area contributed by atoms with Crippen molar-refractivity contribution >= 4 is 0 Å². The zero-order chi connectivity index (χ0) is 10.3. The summed E-state index contributed by atoms with van der Waals surface area (Å²) >= 11 is 0. The van der Waals surface area contributed by atoms with Crippen LogP contribution in [-0.4, -0.2) is 22.2 Å². The van der Waals surface area contributed by atoms with Gasteiger partial charge in [0.2, 0.25) is 0 Å². The van der Waals surface area contributed by atoms with Gasteiger partial charge in [-0.1, -0.05) is 25.8 Å². The van der Waals surface area contributed by atoms with Crippen LogP contribution in [0, 0.1) is 10.1 Å². The van der Waals surface area contributed by atoms with Crippen molar-refractivity contribution in [2.24, 2.45) is 0 Å². The van der Waals surface area contributed by atoms with Gasteiger partial charge in [-0.15, -0.1) is 0 Å². The molecular weight excluding hydrogens is 170 g/mol. The summed E-state index contributed by atoms with van der Waals surface area (Å²) in [5.74, 6) is 0. The van der Waals surface area contributed by atoms with Crippen LogP contribution in [0.3, 0.4) is 0 Å². The van der Waals surface area contributed by atoms with Gasteiger partial charge in [-0.3, -0.25) is 10.1 Å². The first-order valence-corrected chi connectivity index (χ1v) is 4.50. The molecule has 0 aromatic rings. The molecule has 0 aromatic heterocycles.